The molecule has 0 aromatic heterocycles. The Balaban J connectivity index is 2.03. The van der Waals surface area contributed by atoms with E-state index >= 15 is 0 Å². The number of nitrogen functional groups attached to an aromatic ring is 1. The molecule has 1 aromatic rings. The van der Waals surface area contributed by atoms with Gasteiger partial charge in [-0.1, -0.05) is 6.42 Å². The molecule has 1 aliphatic heterocycles. The molecule has 23 heavy (non-hydrogen) atoms. The zero-order valence-electron chi connectivity index (χ0n) is 12.2. The van der Waals surface area contributed by atoms with Crippen molar-refractivity contribution in [2.45, 2.75) is 37.6 Å². The molecule has 2 aliphatic rings. The molecule has 1 aromatic carbocycles. The summed E-state index contributed by atoms with van der Waals surface area (Å²) in [4.78, 5) is 12.5. The first-order valence-electron chi connectivity index (χ1n) is 7.31. The fourth-order valence-corrected chi connectivity index (χ4v) is 3.17. The third kappa shape index (κ3) is 2.37. The van der Waals surface area contributed by atoms with Gasteiger partial charge in [0.2, 0.25) is 0 Å². The molecule has 3 N–H and O–H groups in total. The molecule has 0 bridgehead atoms. The summed E-state index contributed by atoms with van der Waals surface area (Å²) in [5.74, 6) is -2.19. The molecular weight excluding hydrogens is 311 g/mol. The van der Waals surface area contributed by atoms with Gasteiger partial charge in [0.15, 0.2) is 0 Å². The Kier molecular flexibility index (Phi) is 3.59. The van der Waals surface area contributed by atoms with E-state index in [-0.39, 0.29) is 22.7 Å². The van der Waals surface area contributed by atoms with Crippen molar-refractivity contribution in [2.24, 2.45) is 11.0 Å². The van der Waals surface area contributed by atoms with Crippen LogP contribution >= 0.6 is 0 Å². The summed E-state index contributed by atoms with van der Waals surface area (Å²) in [5, 5.41) is 14.4. The number of carbonyl (C=O) groups is 1. The van der Waals surface area contributed by atoms with Crippen LogP contribution < -0.4 is 5.73 Å². The van der Waals surface area contributed by atoms with Gasteiger partial charge in [0, 0.05) is 17.0 Å². The normalized spacial score (nSPS) is 27.6. The quantitative estimate of drug-likeness (QED) is 0.778. The van der Waals surface area contributed by atoms with Gasteiger partial charge in [0.25, 0.3) is 11.6 Å². The van der Waals surface area contributed by atoms with Crippen LogP contribution in [0.5, 0.6) is 0 Å². The number of hydrogen-bond acceptors (Lipinski definition) is 4. The second-order valence-electron chi connectivity index (χ2n) is 5.85. The number of amides is 1. The Hall–Kier alpha value is -2.09. The molecule has 3 rings (SSSR count). The first-order valence-corrected chi connectivity index (χ1v) is 7.31. The van der Waals surface area contributed by atoms with Crippen molar-refractivity contribution in [3.63, 3.8) is 0 Å². The van der Waals surface area contributed by atoms with Gasteiger partial charge >= 0.3 is 6.18 Å². The van der Waals surface area contributed by atoms with Crippen LogP contribution in [0.4, 0.5) is 18.9 Å². The van der Waals surface area contributed by atoms with Crippen molar-refractivity contribution in [2.75, 3.05) is 5.73 Å². The van der Waals surface area contributed by atoms with E-state index in [1.165, 1.54) is 24.3 Å². The minimum Gasteiger partial charge on any atom is -0.399 e. The lowest BCUT2D eigenvalue weighted by Crippen LogP contribution is -2.61. The summed E-state index contributed by atoms with van der Waals surface area (Å²) in [7, 11) is 0. The van der Waals surface area contributed by atoms with Crippen LogP contribution in [0, 0.1) is 5.92 Å². The number of hydrogen-bond donors (Lipinski definition) is 2. The van der Waals surface area contributed by atoms with Gasteiger partial charge in [-0.3, -0.25) is 4.79 Å². The lowest BCUT2D eigenvalue weighted by atomic mass is 9.80. The van der Waals surface area contributed by atoms with Gasteiger partial charge in [0.05, 0.1) is 5.92 Å². The lowest BCUT2D eigenvalue weighted by molar-refractivity contribution is -0.312. The first kappa shape index (κ1) is 15.8. The summed E-state index contributed by atoms with van der Waals surface area (Å²) >= 11 is 0. The minimum atomic E-state index is -5.00. The maximum Gasteiger partial charge on any atom is 0.439 e. The van der Waals surface area contributed by atoms with Gasteiger partial charge in [-0.15, -0.1) is 0 Å². The largest absolute Gasteiger partial charge is 0.439 e. The van der Waals surface area contributed by atoms with Crippen molar-refractivity contribution in [3.8, 4) is 0 Å². The first-order chi connectivity index (χ1) is 10.7. The summed E-state index contributed by atoms with van der Waals surface area (Å²) in [5.41, 5.74) is 2.84. The Morgan fingerprint density at radius 2 is 1.96 bits per heavy atom. The van der Waals surface area contributed by atoms with Crippen molar-refractivity contribution in [1.82, 2.24) is 5.01 Å². The summed E-state index contributed by atoms with van der Waals surface area (Å²) in [6.45, 7) is 0. The number of nitrogens with two attached hydrogens (primary N) is 1. The zero-order chi connectivity index (χ0) is 16.8. The molecular formula is C15H16F3N3O2. The Bertz CT molecular complexity index is 657. The van der Waals surface area contributed by atoms with E-state index in [4.69, 9.17) is 5.73 Å². The number of benzene rings is 1. The van der Waals surface area contributed by atoms with Gasteiger partial charge < -0.3 is 10.8 Å². The third-order valence-electron chi connectivity index (χ3n) is 4.38. The van der Waals surface area contributed by atoms with Crippen LogP contribution in [0.1, 0.15) is 36.0 Å². The van der Waals surface area contributed by atoms with Crippen LogP contribution in [0.25, 0.3) is 0 Å². The van der Waals surface area contributed by atoms with Gasteiger partial charge in [-0.2, -0.15) is 23.3 Å². The van der Waals surface area contributed by atoms with E-state index in [1.54, 1.807) is 0 Å². The van der Waals surface area contributed by atoms with E-state index < -0.39 is 23.7 Å². The molecule has 5 nitrogen and oxygen atoms in total. The number of alkyl halides is 3. The van der Waals surface area contributed by atoms with E-state index in [1.807, 2.05) is 0 Å². The zero-order valence-corrected chi connectivity index (χ0v) is 12.2. The third-order valence-corrected chi connectivity index (χ3v) is 4.38. The van der Waals surface area contributed by atoms with E-state index in [2.05, 4.69) is 5.10 Å². The Morgan fingerprint density at radius 3 is 2.57 bits per heavy atom. The van der Waals surface area contributed by atoms with E-state index in [9.17, 15) is 23.1 Å². The smallest absolute Gasteiger partial charge is 0.399 e. The topological polar surface area (TPSA) is 78.9 Å². The molecule has 1 amide bonds. The average Bonchev–Trinajstić information content (AvgIpc) is 2.82. The highest BCUT2D eigenvalue weighted by Crippen LogP contribution is 2.48. The monoisotopic (exact) mass is 327 g/mol. The van der Waals surface area contributed by atoms with Crippen LogP contribution in [0.2, 0.25) is 0 Å². The summed E-state index contributed by atoms with van der Waals surface area (Å²) < 4.78 is 40.7. The Morgan fingerprint density at radius 1 is 1.30 bits per heavy atom. The highest BCUT2D eigenvalue weighted by Gasteiger charge is 2.68. The number of halogens is 3. The Labute approximate surface area is 130 Å². The predicted molar refractivity (Wildman–Crippen MR) is 77.4 cm³/mol. The number of aliphatic hydroxyl groups is 1. The fourth-order valence-electron chi connectivity index (χ4n) is 3.17. The number of fused-ring (bicyclic) bond motifs is 1. The molecule has 8 heteroatoms. The van der Waals surface area contributed by atoms with Crippen LogP contribution in [-0.2, 0) is 0 Å². The van der Waals surface area contributed by atoms with E-state index in [0.29, 0.717) is 24.9 Å². The van der Waals surface area contributed by atoms with Crippen molar-refractivity contribution >= 4 is 17.3 Å². The average molecular weight is 327 g/mol. The standard InChI is InChI=1S/C15H16F3N3O2/c16-15(17,18)14(23)11-3-1-2-4-12(11)20-21(14)13(22)9-5-7-10(19)8-6-9/h5-8,11,23H,1-4,19H2/t11-,14-/m0/s1. The van der Waals surface area contributed by atoms with Gasteiger partial charge in [0.1, 0.15) is 0 Å². The van der Waals surface area contributed by atoms with Crippen LogP contribution in [0.3, 0.4) is 0 Å². The molecule has 0 unspecified atom stereocenters. The molecule has 1 saturated carbocycles. The second kappa shape index (κ2) is 5.23. The number of carbonyl (C=O) groups excluding carboxylic acids is 1. The predicted octanol–water partition coefficient (Wildman–Crippen LogP) is 2.52. The van der Waals surface area contributed by atoms with Crippen LogP contribution in [0.15, 0.2) is 29.4 Å². The summed E-state index contributed by atoms with van der Waals surface area (Å²) in [6, 6.07) is 5.46. The highest BCUT2D eigenvalue weighted by atomic mass is 19.4. The molecule has 1 fully saturated rings. The molecule has 2 atom stereocenters. The number of nitrogens with zero attached hydrogens (tertiary/aromatic N) is 2. The fraction of sp³-hybridized carbons (Fsp3) is 0.467. The van der Waals surface area contributed by atoms with Crippen LogP contribution in [-0.4, -0.2) is 33.6 Å². The number of anilines is 1. The second-order valence-corrected chi connectivity index (χ2v) is 5.85. The van der Waals surface area contributed by atoms with Gasteiger partial charge in [-0.25, -0.2) is 0 Å². The number of rotatable bonds is 1. The lowest BCUT2D eigenvalue weighted by Gasteiger charge is -2.38. The highest BCUT2D eigenvalue weighted by molar-refractivity contribution is 5.99. The van der Waals surface area contributed by atoms with Crippen molar-refractivity contribution < 1.29 is 23.1 Å². The molecule has 1 aliphatic carbocycles. The van der Waals surface area contributed by atoms with Crippen molar-refractivity contribution in [3.05, 3.63) is 29.8 Å². The minimum absolute atomic E-state index is 0.00938. The van der Waals surface area contributed by atoms with E-state index in [0.717, 1.165) is 0 Å². The molecule has 0 saturated heterocycles. The molecule has 124 valence electrons. The number of hydrazone groups is 1. The molecule has 0 spiro atoms. The SMILES string of the molecule is Nc1ccc(C(=O)N2N=C3CCCC[C@@H]3[C@]2(O)C(F)(F)F)cc1. The maximum absolute atomic E-state index is 13.6. The molecule has 1 heterocycles. The maximum atomic E-state index is 13.6. The van der Waals surface area contributed by atoms with Crippen molar-refractivity contribution in [1.29, 1.82) is 0 Å². The summed E-state index contributed by atoms with van der Waals surface area (Å²) in [6.07, 6.45) is -3.22. The molecule has 0 radical (unpaired) electrons. The van der Waals surface area contributed by atoms with Gasteiger partial charge in [-0.05, 0) is 43.5 Å².